The molecular weight excluding hydrogens is 292 g/mol. The van der Waals surface area contributed by atoms with Crippen molar-refractivity contribution in [2.24, 2.45) is 0 Å². The summed E-state index contributed by atoms with van der Waals surface area (Å²) in [7, 11) is 0. The number of nitrogens with zero attached hydrogens (tertiary/aromatic N) is 2. The molecule has 0 saturated carbocycles. The average molecular weight is 318 g/mol. The summed E-state index contributed by atoms with van der Waals surface area (Å²) in [6.45, 7) is 4.57. The Morgan fingerprint density at radius 2 is 1.70 bits per heavy atom. The van der Waals surface area contributed by atoms with Crippen molar-refractivity contribution in [2.45, 2.75) is 44.4 Å². The average Bonchev–Trinajstić information content (AvgIpc) is 2.58. The number of hydrogen-bond acceptors (Lipinski definition) is 4. The zero-order chi connectivity index (χ0) is 16.1. The van der Waals surface area contributed by atoms with Crippen LogP contribution < -0.4 is 0 Å². The molecule has 5 heteroatoms. The van der Waals surface area contributed by atoms with Crippen LogP contribution in [-0.2, 0) is 11.3 Å². The zero-order valence-electron chi connectivity index (χ0n) is 13.6. The van der Waals surface area contributed by atoms with Crippen molar-refractivity contribution in [3.63, 3.8) is 0 Å². The first kappa shape index (κ1) is 16.3. The summed E-state index contributed by atoms with van der Waals surface area (Å²) < 4.78 is 5.43. The van der Waals surface area contributed by atoms with E-state index in [1.807, 2.05) is 6.07 Å². The molecular formula is C18H26N2O3. The third-order valence-corrected chi connectivity index (χ3v) is 5.10. The highest BCUT2D eigenvalue weighted by Crippen LogP contribution is 2.33. The Hall–Kier alpha value is -1.59. The fourth-order valence-electron chi connectivity index (χ4n) is 3.85. The Morgan fingerprint density at radius 1 is 1.04 bits per heavy atom. The molecule has 1 N–H and O–H groups in total. The lowest BCUT2D eigenvalue weighted by Crippen LogP contribution is -2.58. The van der Waals surface area contributed by atoms with Crippen LogP contribution in [0.4, 0.5) is 4.79 Å². The molecule has 0 aromatic heterocycles. The molecule has 5 nitrogen and oxygen atoms in total. The van der Waals surface area contributed by atoms with Gasteiger partial charge in [0.25, 0.3) is 0 Å². The summed E-state index contributed by atoms with van der Waals surface area (Å²) in [4.78, 5) is 15.9. The van der Waals surface area contributed by atoms with E-state index >= 15 is 0 Å². The van der Waals surface area contributed by atoms with Gasteiger partial charge < -0.3 is 9.84 Å². The second-order valence-corrected chi connectivity index (χ2v) is 6.62. The summed E-state index contributed by atoms with van der Waals surface area (Å²) in [6.07, 6.45) is 3.88. The first-order valence-electron chi connectivity index (χ1n) is 8.61. The second kappa shape index (κ2) is 7.32. The predicted molar refractivity (Wildman–Crippen MR) is 88.2 cm³/mol. The number of ether oxygens (including phenoxy) is 1. The quantitative estimate of drug-likeness (QED) is 0.864. The van der Waals surface area contributed by atoms with Crippen LogP contribution in [0.1, 0.15) is 37.7 Å². The number of benzene rings is 1. The van der Waals surface area contributed by atoms with Gasteiger partial charge in [-0.1, -0.05) is 36.8 Å². The van der Waals surface area contributed by atoms with Crippen LogP contribution in [0.5, 0.6) is 0 Å². The van der Waals surface area contributed by atoms with Crippen LogP contribution in [0, 0.1) is 0 Å². The summed E-state index contributed by atoms with van der Waals surface area (Å²) in [5.74, 6) is 0. The highest BCUT2D eigenvalue weighted by Gasteiger charge is 2.43. The van der Waals surface area contributed by atoms with Gasteiger partial charge in [-0.15, -0.1) is 0 Å². The van der Waals surface area contributed by atoms with Crippen LogP contribution in [0.15, 0.2) is 30.3 Å². The topological polar surface area (TPSA) is 53.0 Å². The molecule has 1 aromatic carbocycles. The lowest BCUT2D eigenvalue weighted by Gasteiger charge is -2.48. The van der Waals surface area contributed by atoms with Gasteiger partial charge in [0.05, 0.1) is 0 Å². The van der Waals surface area contributed by atoms with E-state index in [9.17, 15) is 9.90 Å². The van der Waals surface area contributed by atoms with Gasteiger partial charge in [0.1, 0.15) is 0 Å². The maximum atomic E-state index is 11.2. The smallest absolute Gasteiger partial charge is 0.450 e. The molecule has 23 heavy (non-hydrogen) atoms. The molecule has 2 saturated heterocycles. The highest BCUT2D eigenvalue weighted by molar-refractivity contribution is 5.57. The Labute approximate surface area is 137 Å². The van der Waals surface area contributed by atoms with Crippen molar-refractivity contribution in [2.75, 3.05) is 26.2 Å². The molecule has 0 atom stereocenters. The van der Waals surface area contributed by atoms with Crippen LogP contribution >= 0.6 is 0 Å². The number of hydrogen-bond donors (Lipinski definition) is 1. The highest BCUT2D eigenvalue weighted by atomic mass is 16.7. The van der Waals surface area contributed by atoms with Gasteiger partial charge in [0.15, 0.2) is 5.72 Å². The largest absolute Gasteiger partial charge is 0.507 e. The fraction of sp³-hybridized carbons (Fsp3) is 0.611. The summed E-state index contributed by atoms with van der Waals surface area (Å²) in [5.41, 5.74) is 0.691. The van der Waals surface area contributed by atoms with Crippen LogP contribution in [0.2, 0.25) is 0 Å². The molecule has 0 bridgehead atoms. The van der Waals surface area contributed by atoms with Crippen molar-refractivity contribution in [3.05, 3.63) is 35.9 Å². The van der Waals surface area contributed by atoms with E-state index in [1.54, 1.807) is 0 Å². The summed E-state index contributed by atoms with van der Waals surface area (Å²) in [5, 5.41) is 9.20. The van der Waals surface area contributed by atoms with Gasteiger partial charge in [-0.2, -0.15) is 0 Å². The van der Waals surface area contributed by atoms with Gasteiger partial charge in [0.2, 0.25) is 0 Å². The van der Waals surface area contributed by atoms with Gasteiger partial charge in [-0.25, -0.2) is 4.79 Å². The Morgan fingerprint density at radius 3 is 2.30 bits per heavy atom. The van der Waals surface area contributed by atoms with E-state index in [0.29, 0.717) is 0 Å². The van der Waals surface area contributed by atoms with E-state index in [-0.39, 0.29) is 0 Å². The molecule has 2 aliphatic rings. The second-order valence-electron chi connectivity index (χ2n) is 6.62. The molecule has 0 unspecified atom stereocenters. The zero-order valence-corrected chi connectivity index (χ0v) is 13.6. The molecule has 0 radical (unpaired) electrons. The Kier molecular flexibility index (Phi) is 5.18. The lowest BCUT2D eigenvalue weighted by atomic mass is 9.95. The van der Waals surface area contributed by atoms with Crippen molar-refractivity contribution in [1.82, 2.24) is 9.80 Å². The van der Waals surface area contributed by atoms with Crippen molar-refractivity contribution in [3.8, 4) is 0 Å². The van der Waals surface area contributed by atoms with Crippen molar-refractivity contribution >= 4 is 6.16 Å². The van der Waals surface area contributed by atoms with E-state index in [2.05, 4.69) is 34.1 Å². The van der Waals surface area contributed by atoms with Gasteiger partial charge in [-0.3, -0.25) is 9.80 Å². The first-order chi connectivity index (χ1) is 11.2. The fourth-order valence-corrected chi connectivity index (χ4v) is 3.85. The van der Waals surface area contributed by atoms with Crippen molar-refractivity contribution in [1.29, 1.82) is 0 Å². The molecule has 1 aromatic rings. The minimum Gasteiger partial charge on any atom is -0.450 e. The monoisotopic (exact) mass is 318 g/mol. The first-order valence-corrected chi connectivity index (χ1v) is 8.61. The number of likely N-dealkylation sites (tertiary alicyclic amines) is 2. The molecule has 2 heterocycles. The molecule has 0 aliphatic carbocycles. The normalized spacial score (nSPS) is 22.6. The predicted octanol–water partition coefficient (Wildman–Crippen LogP) is 3.16. The van der Waals surface area contributed by atoms with Crippen LogP contribution in [-0.4, -0.2) is 53.0 Å². The lowest BCUT2D eigenvalue weighted by molar-refractivity contribution is -0.161. The standard InChI is InChI=1S/C18H26N2O3/c21-17(22)23-18(20-11-5-2-6-12-20)9-13-19(14-10-18)15-16-7-3-1-4-8-16/h1,3-4,7-8H,2,5-6,9-15H2,(H,21,22). The minimum atomic E-state index is -1.15. The third-order valence-electron chi connectivity index (χ3n) is 5.10. The molecule has 2 fully saturated rings. The molecule has 3 rings (SSSR count). The Balaban J connectivity index is 1.63. The maximum absolute atomic E-state index is 11.2. The van der Waals surface area contributed by atoms with E-state index in [4.69, 9.17) is 4.74 Å². The molecule has 0 amide bonds. The number of rotatable bonds is 4. The van der Waals surface area contributed by atoms with E-state index in [1.165, 1.54) is 12.0 Å². The number of carboxylic acid groups (broad SMARTS) is 1. The van der Waals surface area contributed by atoms with Crippen LogP contribution in [0.3, 0.4) is 0 Å². The van der Waals surface area contributed by atoms with Gasteiger partial charge >= 0.3 is 6.16 Å². The third kappa shape index (κ3) is 4.03. The number of carbonyl (C=O) groups is 1. The van der Waals surface area contributed by atoms with E-state index in [0.717, 1.165) is 58.4 Å². The molecule has 2 aliphatic heterocycles. The molecule has 0 spiro atoms. The summed E-state index contributed by atoms with van der Waals surface area (Å²) in [6, 6.07) is 10.4. The Bertz CT molecular complexity index is 506. The minimum absolute atomic E-state index is 0.612. The van der Waals surface area contributed by atoms with Gasteiger partial charge in [0, 0.05) is 45.6 Å². The molecule has 126 valence electrons. The summed E-state index contributed by atoms with van der Waals surface area (Å²) >= 11 is 0. The van der Waals surface area contributed by atoms with Gasteiger partial charge in [-0.05, 0) is 18.4 Å². The van der Waals surface area contributed by atoms with E-state index < -0.39 is 11.9 Å². The SMILES string of the molecule is O=C(O)OC1(N2CCCCC2)CCN(Cc2ccccc2)CC1. The maximum Gasteiger partial charge on any atom is 0.507 e. The van der Waals surface area contributed by atoms with Crippen LogP contribution in [0.25, 0.3) is 0 Å². The number of piperidine rings is 2. The van der Waals surface area contributed by atoms with Crippen molar-refractivity contribution < 1.29 is 14.6 Å².